The minimum Gasteiger partial charge on any atom is -0.312 e. The van der Waals surface area contributed by atoms with Gasteiger partial charge in [0.15, 0.2) is 0 Å². The van der Waals surface area contributed by atoms with E-state index in [0.29, 0.717) is 16.0 Å². The van der Waals surface area contributed by atoms with Crippen molar-refractivity contribution >= 4 is 23.2 Å². The third-order valence-electron chi connectivity index (χ3n) is 2.70. The molecule has 1 atom stereocenters. The van der Waals surface area contributed by atoms with Crippen LogP contribution in [0.4, 0.5) is 0 Å². The summed E-state index contributed by atoms with van der Waals surface area (Å²) in [5.74, 6) is 0.423. The summed E-state index contributed by atoms with van der Waals surface area (Å²) in [4.78, 5) is 3.98. The first-order valence-corrected chi connectivity index (χ1v) is 6.34. The number of rotatable bonds is 4. The molecule has 0 fully saturated rings. The molecular weight excluding hydrogens is 255 g/mol. The molecule has 1 aliphatic rings. The SMILES string of the molecule is ClC1=CCC(CNCc2ccncc2)C=C1Cl. The monoisotopic (exact) mass is 268 g/mol. The van der Waals surface area contributed by atoms with Gasteiger partial charge >= 0.3 is 0 Å². The van der Waals surface area contributed by atoms with Crippen LogP contribution in [0.15, 0.2) is 46.7 Å². The van der Waals surface area contributed by atoms with Gasteiger partial charge in [0.1, 0.15) is 0 Å². The van der Waals surface area contributed by atoms with Crippen molar-refractivity contribution in [2.24, 2.45) is 5.92 Å². The summed E-state index contributed by atoms with van der Waals surface area (Å²) in [5.41, 5.74) is 1.24. The second-order valence-electron chi connectivity index (χ2n) is 4.05. The molecule has 0 amide bonds. The molecule has 4 heteroatoms. The fraction of sp³-hybridized carbons (Fsp3) is 0.308. The molecule has 1 aliphatic carbocycles. The van der Waals surface area contributed by atoms with Crippen molar-refractivity contribution in [3.05, 3.63) is 52.3 Å². The van der Waals surface area contributed by atoms with E-state index in [1.165, 1.54) is 5.56 Å². The topological polar surface area (TPSA) is 24.9 Å². The highest BCUT2D eigenvalue weighted by Gasteiger charge is 2.12. The summed E-state index contributed by atoms with van der Waals surface area (Å²) in [5, 5.41) is 4.73. The van der Waals surface area contributed by atoms with E-state index in [4.69, 9.17) is 23.2 Å². The van der Waals surface area contributed by atoms with Gasteiger partial charge in [-0.3, -0.25) is 4.98 Å². The highest BCUT2D eigenvalue weighted by atomic mass is 35.5. The van der Waals surface area contributed by atoms with E-state index in [-0.39, 0.29) is 0 Å². The van der Waals surface area contributed by atoms with E-state index in [0.717, 1.165) is 19.5 Å². The van der Waals surface area contributed by atoms with Crippen LogP contribution in [0.2, 0.25) is 0 Å². The number of hydrogen-bond donors (Lipinski definition) is 1. The molecule has 0 saturated heterocycles. The van der Waals surface area contributed by atoms with Gasteiger partial charge in [-0.25, -0.2) is 0 Å². The molecule has 0 aliphatic heterocycles. The molecule has 0 radical (unpaired) electrons. The highest BCUT2D eigenvalue weighted by molar-refractivity contribution is 6.44. The number of halogens is 2. The fourth-order valence-electron chi connectivity index (χ4n) is 1.75. The van der Waals surface area contributed by atoms with Gasteiger partial charge in [0.2, 0.25) is 0 Å². The Balaban J connectivity index is 1.77. The van der Waals surface area contributed by atoms with Gasteiger partial charge in [0.05, 0.1) is 10.1 Å². The lowest BCUT2D eigenvalue weighted by molar-refractivity contribution is 0.557. The van der Waals surface area contributed by atoms with Crippen LogP contribution in [0.25, 0.3) is 0 Å². The van der Waals surface area contributed by atoms with Gasteiger partial charge in [-0.1, -0.05) is 35.4 Å². The minimum absolute atomic E-state index is 0.423. The third kappa shape index (κ3) is 3.84. The molecular formula is C13H14Cl2N2. The van der Waals surface area contributed by atoms with E-state index in [2.05, 4.69) is 10.3 Å². The van der Waals surface area contributed by atoms with Gasteiger partial charge in [0.25, 0.3) is 0 Å². The van der Waals surface area contributed by atoms with Crippen LogP contribution in [0.1, 0.15) is 12.0 Å². The quantitative estimate of drug-likeness (QED) is 0.905. The second kappa shape index (κ2) is 6.20. The number of aromatic nitrogens is 1. The highest BCUT2D eigenvalue weighted by Crippen LogP contribution is 2.27. The normalized spacial score (nSPS) is 19.8. The van der Waals surface area contributed by atoms with Gasteiger partial charge in [-0.15, -0.1) is 0 Å². The van der Waals surface area contributed by atoms with Crippen molar-refractivity contribution in [2.75, 3.05) is 6.54 Å². The van der Waals surface area contributed by atoms with Crippen LogP contribution in [0, 0.1) is 5.92 Å². The van der Waals surface area contributed by atoms with Gasteiger partial charge in [0, 0.05) is 25.5 Å². The average Bonchev–Trinajstić information content (AvgIpc) is 2.35. The van der Waals surface area contributed by atoms with Crippen LogP contribution in [0.5, 0.6) is 0 Å². The molecule has 17 heavy (non-hydrogen) atoms. The molecule has 90 valence electrons. The molecule has 0 saturated carbocycles. The Morgan fingerprint density at radius 3 is 2.71 bits per heavy atom. The minimum atomic E-state index is 0.423. The largest absolute Gasteiger partial charge is 0.312 e. The Kier molecular flexibility index (Phi) is 4.60. The lowest BCUT2D eigenvalue weighted by atomic mass is 10.0. The van der Waals surface area contributed by atoms with Crippen LogP contribution >= 0.6 is 23.2 Å². The summed E-state index contributed by atoms with van der Waals surface area (Å²) in [7, 11) is 0. The molecule has 2 nitrogen and oxygen atoms in total. The number of nitrogens with one attached hydrogen (secondary N) is 1. The zero-order valence-corrected chi connectivity index (χ0v) is 10.9. The maximum absolute atomic E-state index is 5.98. The second-order valence-corrected chi connectivity index (χ2v) is 4.86. The van der Waals surface area contributed by atoms with Crippen molar-refractivity contribution in [1.82, 2.24) is 10.3 Å². The fourth-order valence-corrected chi connectivity index (χ4v) is 2.16. The number of allylic oxidation sites excluding steroid dienone is 3. The standard InChI is InChI=1S/C13H14Cl2N2/c14-12-2-1-11(7-13(12)15)9-17-8-10-3-5-16-6-4-10/h2-7,11,17H,1,8-9H2. The molecule has 1 heterocycles. The summed E-state index contributed by atoms with van der Waals surface area (Å²) >= 11 is 11.9. The van der Waals surface area contributed by atoms with Crippen molar-refractivity contribution in [2.45, 2.75) is 13.0 Å². The lowest BCUT2D eigenvalue weighted by Crippen LogP contribution is -2.22. The first-order chi connectivity index (χ1) is 8.25. The van der Waals surface area contributed by atoms with Gasteiger partial charge < -0.3 is 5.32 Å². The van der Waals surface area contributed by atoms with E-state index in [1.807, 2.05) is 24.3 Å². The maximum Gasteiger partial charge on any atom is 0.0552 e. The van der Waals surface area contributed by atoms with Crippen molar-refractivity contribution in [3.63, 3.8) is 0 Å². The molecule has 1 aromatic rings. The summed E-state index contributed by atoms with van der Waals surface area (Å²) in [6, 6.07) is 4.01. The summed E-state index contributed by atoms with van der Waals surface area (Å²) in [6.07, 6.45) is 8.54. The molecule has 0 aromatic carbocycles. The Morgan fingerprint density at radius 1 is 1.24 bits per heavy atom. The van der Waals surface area contributed by atoms with Gasteiger partial charge in [-0.05, 0) is 30.0 Å². The molecule has 2 rings (SSSR count). The van der Waals surface area contributed by atoms with Gasteiger partial charge in [-0.2, -0.15) is 0 Å². The van der Waals surface area contributed by atoms with Crippen molar-refractivity contribution < 1.29 is 0 Å². The predicted molar refractivity (Wildman–Crippen MR) is 71.9 cm³/mol. The molecule has 1 aromatic heterocycles. The van der Waals surface area contributed by atoms with E-state index in [9.17, 15) is 0 Å². The van der Waals surface area contributed by atoms with Crippen LogP contribution in [-0.4, -0.2) is 11.5 Å². The average molecular weight is 269 g/mol. The van der Waals surface area contributed by atoms with Crippen LogP contribution in [0.3, 0.4) is 0 Å². The van der Waals surface area contributed by atoms with Crippen molar-refractivity contribution in [3.8, 4) is 0 Å². The Labute approximate surface area is 111 Å². The predicted octanol–water partition coefficient (Wildman–Crippen LogP) is 3.44. The first-order valence-electron chi connectivity index (χ1n) is 5.58. The molecule has 1 unspecified atom stereocenters. The summed E-state index contributed by atoms with van der Waals surface area (Å²) in [6.45, 7) is 1.75. The lowest BCUT2D eigenvalue weighted by Gasteiger charge is -2.16. The van der Waals surface area contributed by atoms with Crippen LogP contribution < -0.4 is 5.32 Å². The molecule has 0 spiro atoms. The van der Waals surface area contributed by atoms with E-state index in [1.54, 1.807) is 12.4 Å². The zero-order valence-electron chi connectivity index (χ0n) is 9.37. The maximum atomic E-state index is 5.98. The smallest absolute Gasteiger partial charge is 0.0552 e. The Bertz CT molecular complexity index is 426. The Morgan fingerprint density at radius 2 is 2.00 bits per heavy atom. The number of nitrogens with zero attached hydrogens (tertiary/aromatic N) is 1. The number of hydrogen-bond acceptors (Lipinski definition) is 2. The molecule has 1 N–H and O–H groups in total. The molecule has 0 bridgehead atoms. The Hall–Kier alpha value is -0.830. The number of pyridine rings is 1. The third-order valence-corrected chi connectivity index (χ3v) is 3.48. The van der Waals surface area contributed by atoms with E-state index < -0.39 is 0 Å². The zero-order chi connectivity index (χ0) is 12.1. The van der Waals surface area contributed by atoms with Crippen molar-refractivity contribution in [1.29, 1.82) is 0 Å². The first kappa shape index (κ1) is 12.6. The summed E-state index contributed by atoms with van der Waals surface area (Å²) < 4.78 is 0. The van der Waals surface area contributed by atoms with E-state index >= 15 is 0 Å². The van der Waals surface area contributed by atoms with Crippen LogP contribution in [-0.2, 0) is 6.54 Å².